The molecule has 5 nitrogen and oxygen atoms in total. The highest BCUT2D eigenvalue weighted by Crippen LogP contribution is 2.22. The molecule has 3 rings (SSSR count). The summed E-state index contributed by atoms with van der Waals surface area (Å²) in [6, 6.07) is 16.8. The SMILES string of the molecule is CC(C)c1ccc(NC(=S)N(C)[C@H](C)c2ccc(-n3cncn3)cc2)cc1. The average Bonchev–Trinajstić information content (AvgIpc) is 3.22. The minimum atomic E-state index is 0.143. The molecule has 0 fully saturated rings. The Kier molecular flexibility index (Phi) is 5.86. The van der Waals surface area contributed by atoms with Gasteiger partial charge in [0.05, 0.1) is 11.7 Å². The Morgan fingerprint density at radius 3 is 2.19 bits per heavy atom. The number of anilines is 1. The predicted octanol–water partition coefficient (Wildman–Crippen LogP) is 4.78. The Bertz CT molecular complexity index is 870. The van der Waals surface area contributed by atoms with E-state index in [4.69, 9.17) is 12.2 Å². The van der Waals surface area contributed by atoms with Crippen LogP contribution >= 0.6 is 12.2 Å². The van der Waals surface area contributed by atoms with Gasteiger partial charge >= 0.3 is 0 Å². The third-order valence-corrected chi connectivity index (χ3v) is 5.18. The Morgan fingerprint density at radius 2 is 1.63 bits per heavy atom. The van der Waals surface area contributed by atoms with Gasteiger partial charge in [-0.05, 0) is 60.5 Å². The highest BCUT2D eigenvalue weighted by molar-refractivity contribution is 7.80. The zero-order valence-corrected chi connectivity index (χ0v) is 16.9. The average molecular weight is 380 g/mol. The Labute approximate surface area is 166 Å². The maximum absolute atomic E-state index is 5.60. The minimum Gasteiger partial charge on any atom is -0.345 e. The second-order valence-corrected chi connectivity index (χ2v) is 7.31. The molecular weight excluding hydrogens is 354 g/mol. The van der Waals surface area contributed by atoms with Crippen molar-refractivity contribution in [3.05, 3.63) is 72.3 Å². The molecule has 1 atom stereocenters. The lowest BCUT2D eigenvalue weighted by Gasteiger charge is -2.28. The van der Waals surface area contributed by atoms with Crippen molar-refractivity contribution >= 4 is 23.0 Å². The lowest BCUT2D eigenvalue weighted by atomic mass is 10.0. The summed E-state index contributed by atoms with van der Waals surface area (Å²) in [4.78, 5) is 6.05. The van der Waals surface area contributed by atoms with Crippen molar-refractivity contribution in [2.75, 3.05) is 12.4 Å². The van der Waals surface area contributed by atoms with Crippen molar-refractivity contribution in [3.8, 4) is 5.69 Å². The summed E-state index contributed by atoms with van der Waals surface area (Å²) in [6.07, 6.45) is 3.22. The summed E-state index contributed by atoms with van der Waals surface area (Å²) in [7, 11) is 2.01. The summed E-state index contributed by atoms with van der Waals surface area (Å²) in [5, 5.41) is 8.17. The van der Waals surface area contributed by atoms with Crippen LogP contribution in [-0.2, 0) is 0 Å². The number of aromatic nitrogens is 3. The van der Waals surface area contributed by atoms with Gasteiger partial charge in [-0.25, -0.2) is 9.67 Å². The number of benzene rings is 2. The first-order valence-corrected chi connectivity index (χ1v) is 9.45. The molecule has 27 heavy (non-hydrogen) atoms. The highest BCUT2D eigenvalue weighted by Gasteiger charge is 2.15. The molecule has 0 radical (unpaired) electrons. The van der Waals surface area contributed by atoms with Crippen molar-refractivity contribution in [2.45, 2.75) is 32.7 Å². The first-order chi connectivity index (χ1) is 13.0. The van der Waals surface area contributed by atoms with Gasteiger partial charge in [-0.3, -0.25) is 0 Å². The van der Waals surface area contributed by atoms with E-state index in [1.54, 1.807) is 11.0 Å². The van der Waals surface area contributed by atoms with Crippen LogP contribution in [0.3, 0.4) is 0 Å². The molecule has 0 aliphatic rings. The molecule has 0 amide bonds. The van der Waals surface area contributed by atoms with Gasteiger partial charge < -0.3 is 10.2 Å². The molecule has 0 saturated carbocycles. The highest BCUT2D eigenvalue weighted by atomic mass is 32.1. The molecule has 0 spiro atoms. The van der Waals surface area contributed by atoms with Gasteiger partial charge in [0.15, 0.2) is 5.11 Å². The topological polar surface area (TPSA) is 46.0 Å². The zero-order chi connectivity index (χ0) is 19.4. The summed E-state index contributed by atoms with van der Waals surface area (Å²) in [6.45, 7) is 6.52. The molecule has 3 aromatic rings. The number of nitrogens with zero attached hydrogens (tertiary/aromatic N) is 4. The van der Waals surface area contributed by atoms with Crippen molar-refractivity contribution in [1.29, 1.82) is 0 Å². The normalized spacial score (nSPS) is 12.0. The molecule has 1 heterocycles. The van der Waals surface area contributed by atoms with E-state index in [1.807, 2.05) is 19.2 Å². The second-order valence-electron chi connectivity index (χ2n) is 6.93. The zero-order valence-electron chi connectivity index (χ0n) is 16.1. The molecule has 0 saturated heterocycles. The maximum Gasteiger partial charge on any atom is 0.173 e. The van der Waals surface area contributed by atoms with Crippen LogP contribution in [0.15, 0.2) is 61.2 Å². The van der Waals surface area contributed by atoms with E-state index in [1.165, 1.54) is 17.5 Å². The van der Waals surface area contributed by atoms with Gasteiger partial charge in [0.1, 0.15) is 12.7 Å². The van der Waals surface area contributed by atoms with Crippen LogP contribution in [0.5, 0.6) is 0 Å². The van der Waals surface area contributed by atoms with Gasteiger partial charge in [-0.15, -0.1) is 0 Å². The monoisotopic (exact) mass is 379 g/mol. The smallest absolute Gasteiger partial charge is 0.173 e. The van der Waals surface area contributed by atoms with Crippen LogP contribution in [0.25, 0.3) is 5.69 Å². The molecule has 140 valence electrons. The number of hydrogen-bond acceptors (Lipinski definition) is 3. The standard InChI is InChI=1S/C21H25N5S/c1-15(2)17-5-9-19(10-6-17)24-21(27)25(4)16(3)18-7-11-20(12-8-18)26-14-22-13-23-26/h5-16H,1-4H3,(H,24,27)/t16-/m1/s1. The Balaban J connectivity index is 1.65. The van der Waals surface area contributed by atoms with E-state index in [0.717, 1.165) is 11.4 Å². The summed E-state index contributed by atoms with van der Waals surface area (Å²) < 4.78 is 1.74. The van der Waals surface area contributed by atoms with E-state index in [9.17, 15) is 0 Å². The largest absolute Gasteiger partial charge is 0.345 e. The maximum atomic E-state index is 5.60. The van der Waals surface area contributed by atoms with Gasteiger partial charge in [0.2, 0.25) is 0 Å². The summed E-state index contributed by atoms with van der Waals surface area (Å²) in [5.74, 6) is 0.522. The van der Waals surface area contributed by atoms with Crippen LogP contribution in [-0.4, -0.2) is 31.8 Å². The first kappa shape index (κ1) is 19.0. The molecule has 6 heteroatoms. The first-order valence-electron chi connectivity index (χ1n) is 9.04. The molecule has 1 N–H and O–H groups in total. The fraction of sp³-hybridized carbons (Fsp3) is 0.286. The molecule has 1 aromatic heterocycles. The third kappa shape index (κ3) is 4.52. The molecule has 0 bridgehead atoms. The van der Waals surface area contributed by atoms with Crippen LogP contribution in [0.1, 0.15) is 43.9 Å². The lowest BCUT2D eigenvalue weighted by molar-refractivity contribution is 0.408. The fourth-order valence-electron chi connectivity index (χ4n) is 2.81. The van der Waals surface area contributed by atoms with Crippen LogP contribution < -0.4 is 5.32 Å². The second kappa shape index (κ2) is 8.31. The van der Waals surface area contributed by atoms with Crippen molar-refractivity contribution in [1.82, 2.24) is 19.7 Å². The van der Waals surface area contributed by atoms with Crippen LogP contribution in [0, 0.1) is 0 Å². The van der Waals surface area contributed by atoms with Crippen molar-refractivity contribution in [2.24, 2.45) is 0 Å². The van der Waals surface area contributed by atoms with Crippen LogP contribution in [0.4, 0.5) is 5.69 Å². The summed E-state index contributed by atoms with van der Waals surface area (Å²) >= 11 is 5.60. The van der Waals surface area contributed by atoms with Crippen molar-refractivity contribution < 1.29 is 0 Å². The third-order valence-electron chi connectivity index (χ3n) is 4.79. The number of hydrogen-bond donors (Lipinski definition) is 1. The quantitative estimate of drug-likeness (QED) is 0.646. The molecule has 0 aliphatic carbocycles. The molecule has 0 unspecified atom stereocenters. The Morgan fingerprint density at radius 1 is 1.00 bits per heavy atom. The number of nitrogens with one attached hydrogen (secondary N) is 1. The predicted molar refractivity (Wildman–Crippen MR) is 114 cm³/mol. The van der Waals surface area contributed by atoms with E-state index in [-0.39, 0.29) is 6.04 Å². The van der Waals surface area contributed by atoms with Gasteiger partial charge in [0.25, 0.3) is 0 Å². The van der Waals surface area contributed by atoms with Gasteiger partial charge in [0, 0.05) is 12.7 Å². The lowest BCUT2D eigenvalue weighted by Crippen LogP contribution is -2.33. The number of thiocarbonyl (C=S) groups is 1. The molecular formula is C21H25N5S. The van der Waals surface area contributed by atoms with Crippen LogP contribution in [0.2, 0.25) is 0 Å². The van der Waals surface area contributed by atoms with E-state index >= 15 is 0 Å². The molecule has 2 aromatic carbocycles. The van der Waals surface area contributed by atoms with Gasteiger partial charge in [-0.1, -0.05) is 38.1 Å². The fourth-order valence-corrected chi connectivity index (χ4v) is 3.09. The van der Waals surface area contributed by atoms with Gasteiger partial charge in [-0.2, -0.15) is 5.10 Å². The Hall–Kier alpha value is -2.73. The van der Waals surface area contributed by atoms with E-state index in [2.05, 4.69) is 77.5 Å². The molecule has 0 aliphatic heterocycles. The van der Waals surface area contributed by atoms with Crippen molar-refractivity contribution in [3.63, 3.8) is 0 Å². The summed E-state index contributed by atoms with van der Waals surface area (Å²) in [5.41, 5.74) is 4.49. The van der Waals surface area contributed by atoms with E-state index < -0.39 is 0 Å². The number of rotatable bonds is 5. The minimum absolute atomic E-state index is 0.143. The van der Waals surface area contributed by atoms with E-state index in [0.29, 0.717) is 11.0 Å².